The van der Waals surface area contributed by atoms with Gasteiger partial charge in [-0.05, 0) is 39.2 Å². The lowest BCUT2D eigenvalue weighted by Crippen LogP contribution is -2.43. The van der Waals surface area contributed by atoms with Gasteiger partial charge >= 0.3 is 5.97 Å². The molecule has 20 heavy (non-hydrogen) atoms. The molecule has 0 bridgehead atoms. The number of carbonyl (C=O) groups is 1. The molecule has 3 heterocycles. The van der Waals surface area contributed by atoms with Gasteiger partial charge < -0.3 is 15.3 Å². The van der Waals surface area contributed by atoms with Crippen molar-refractivity contribution >= 4 is 11.8 Å². The molecule has 0 radical (unpaired) electrons. The third-order valence-corrected chi connectivity index (χ3v) is 4.60. The fourth-order valence-corrected chi connectivity index (χ4v) is 3.63. The van der Waals surface area contributed by atoms with E-state index in [0.29, 0.717) is 29.2 Å². The summed E-state index contributed by atoms with van der Waals surface area (Å²) in [5.41, 5.74) is 0.877. The van der Waals surface area contributed by atoms with Gasteiger partial charge in [0.1, 0.15) is 11.4 Å². The monoisotopic (exact) mass is 278 g/mol. The van der Waals surface area contributed by atoms with Crippen molar-refractivity contribution < 1.29 is 9.90 Å². The number of nitrogens with one attached hydrogen (secondary N) is 1. The molecular formula is C14H22N4O2. The second-order valence-electron chi connectivity index (χ2n) is 5.94. The summed E-state index contributed by atoms with van der Waals surface area (Å²) in [5.74, 6) is -0.261. The quantitative estimate of drug-likeness (QED) is 0.876. The molecular weight excluding hydrogens is 256 g/mol. The number of aryl methyl sites for hydroxylation is 2. The zero-order chi connectivity index (χ0) is 14.3. The standard InChI is InChI=1S/C14H22N4O2/c1-9-12(14(19)20)13(17(2)16-9)15-10-5-7-18-6-3-4-11(18)8-10/h10-11,15H,3-8H2,1-2H3,(H,19,20). The molecule has 2 atom stereocenters. The van der Waals surface area contributed by atoms with Gasteiger partial charge in [-0.1, -0.05) is 0 Å². The Bertz CT molecular complexity index is 525. The molecule has 6 nitrogen and oxygen atoms in total. The van der Waals surface area contributed by atoms with E-state index < -0.39 is 5.97 Å². The van der Waals surface area contributed by atoms with Crippen molar-refractivity contribution in [1.29, 1.82) is 0 Å². The minimum absolute atomic E-state index is 0.307. The minimum Gasteiger partial charge on any atom is -0.477 e. The van der Waals surface area contributed by atoms with Crippen molar-refractivity contribution in [1.82, 2.24) is 14.7 Å². The number of aromatic carboxylic acids is 1. The summed E-state index contributed by atoms with van der Waals surface area (Å²) >= 11 is 0. The van der Waals surface area contributed by atoms with Crippen molar-refractivity contribution in [3.63, 3.8) is 0 Å². The van der Waals surface area contributed by atoms with Crippen LogP contribution in [0.15, 0.2) is 0 Å². The van der Waals surface area contributed by atoms with Crippen molar-refractivity contribution in [2.24, 2.45) is 7.05 Å². The Morgan fingerprint density at radius 2 is 2.20 bits per heavy atom. The molecule has 110 valence electrons. The first-order chi connectivity index (χ1) is 9.56. The normalized spacial score (nSPS) is 26.5. The summed E-state index contributed by atoms with van der Waals surface area (Å²) in [6.07, 6.45) is 4.74. The predicted molar refractivity (Wildman–Crippen MR) is 76.1 cm³/mol. The summed E-state index contributed by atoms with van der Waals surface area (Å²) in [7, 11) is 1.80. The summed E-state index contributed by atoms with van der Waals surface area (Å²) in [6, 6.07) is 1.02. The highest BCUT2D eigenvalue weighted by molar-refractivity contribution is 5.94. The minimum atomic E-state index is -0.906. The number of hydrogen-bond acceptors (Lipinski definition) is 4. The molecule has 1 aromatic rings. The van der Waals surface area contributed by atoms with Gasteiger partial charge in [-0.15, -0.1) is 0 Å². The Morgan fingerprint density at radius 1 is 1.40 bits per heavy atom. The van der Waals surface area contributed by atoms with Crippen LogP contribution >= 0.6 is 0 Å². The first-order valence-corrected chi connectivity index (χ1v) is 7.33. The van der Waals surface area contributed by atoms with E-state index in [1.165, 1.54) is 19.4 Å². The van der Waals surface area contributed by atoms with E-state index in [1.54, 1.807) is 18.7 Å². The SMILES string of the molecule is Cc1nn(C)c(NC2CCN3CCCC3C2)c1C(=O)O. The number of carboxylic acids is 1. The van der Waals surface area contributed by atoms with Crippen LogP contribution < -0.4 is 5.32 Å². The second kappa shape index (κ2) is 5.09. The van der Waals surface area contributed by atoms with Gasteiger partial charge in [0.15, 0.2) is 0 Å². The molecule has 2 aliphatic heterocycles. The maximum atomic E-state index is 11.4. The van der Waals surface area contributed by atoms with Crippen molar-refractivity contribution in [3.8, 4) is 0 Å². The van der Waals surface area contributed by atoms with Crippen LogP contribution in [0.1, 0.15) is 41.7 Å². The number of fused-ring (bicyclic) bond motifs is 1. The maximum Gasteiger partial charge on any atom is 0.341 e. The molecule has 2 N–H and O–H groups in total. The Labute approximate surface area is 118 Å². The number of aromatic nitrogens is 2. The van der Waals surface area contributed by atoms with E-state index in [2.05, 4.69) is 15.3 Å². The van der Waals surface area contributed by atoms with Crippen LogP contribution in [0.5, 0.6) is 0 Å². The van der Waals surface area contributed by atoms with Crippen molar-refractivity contribution in [3.05, 3.63) is 11.3 Å². The highest BCUT2D eigenvalue weighted by Gasteiger charge is 2.32. The van der Waals surface area contributed by atoms with Crippen molar-refractivity contribution in [2.45, 2.75) is 44.7 Å². The third-order valence-electron chi connectivity index (χ3n) is 4.60. The number of hydrogen-bond donors (Lipinski definition) is 2. The third kappa shape index (κ3) is 2.28. The van der Waals surface area contributed by atoms with E-state index in [0.717, 1.165) is 19.4 Å². The summed E-state index contributed by atoms with van der Waals surface area (Å²) in [6.45, 7) is 4.08. The Kier molecular flexibility index (Phi) is 3.41. The average Bonchev–Trinajstić information content (AvgIpc) is 2.94. The van der Waals surface area contributed by atoms with E-state index in [1.807, 2.05) is 0 Å². The van der Waals surface area contributed by atoms with Crippen molar-refractivity contribution in [2.75, 3.05) is 18.4 Å². The summed E-state index contributed by atoms with van der Waals surface area (Å²) in [5, 5.41) is 17.0. The molecule has 0 saturated carbocycles. The lowest BCUT2D eigenvalue weighted by Gasteiger charge is -2.35. The molecule has 2 unspecified atom stereocenters. The first kappa shape index (κ1) is 13.4. The van der Waals surface area contributed by atoms with E-state index >= 15 is 0 Å². The lowest BCUT2D eigenvalue weighted by atomic mass is 9.97. The number of anilines is 1. The van der Waals surface area contributed by atoms with Crippen LogP contribution in [0.25, 0.3) is 0 Å². The lowest BCUT2D eigenvalue weighted by molar-refractivity contribution is 0.0697. The fourth-order valence-electron chi connectivity index (χ4n) is 3.63. The van der Waals surface area contributed by atoms with Gasteiger partial charge in [-0.3, -0.25) is 4.68 Å². The van der Waals surface area contributed by atoms with Crippen LogP contribution in [-0.2, 0) is 7.05 Å². The highest BCUT2D eigenvalue weighted by Crippen LogP contribution is 2.29. The number of piperidine rings is 1. The number of rotatable bonds is 3. The second-order valence-corrected chi connectivity index (χ2v) is 5.94. The van der Waals surface area contributed by atoms with Crippen LogP contribution in [0.2, 0.25) is 0 Å². The average molecular weight is 278 g/mol. The van der Waals surface area contributed by atoms with Gasteiger partial charge in [0.25, 0.3) is 0 Å². The topological polar surface area (TPSA) is 70.4 Å². The summed E-state index contributed by atoms with van der Waals surface area (Å²) in [4.78, 5) is 13.9. The molecule has 6 heteroatoms. The van der Waals surface area contributed by atoms with Crippen LogP contribution in [-0.4, -0.2) is 50.9 Å². The van der Waals surface area contributed by atoms with Gasteiger partial charge in [0.2, 0.25) is 0 Å². The molecule has 2 aliphatic rings. The van der Waals surface area contributed by atoms with E-state index in [4.69, 9.17) is 0 Å². The smallest absolute Gasteiger partial charge is 0.341 e. The number of carboxylic acid groups (broad SMARTS) is 1. The molecule has 2 saturated heterocycles. The fraction of sp³-hybridized carbons (Fsp3) is 0.714. The van der Waals surface area contributed by atoms with Gasteiger partial charge in [-0.2, -0.15) is 5.10 Å². The van der Waals surface area contributed by atoms with Gasteiger partial charge in [0, 0.05) is 25.7 Å². The molecule has 3 rings (SSSR count). The maximum absolute atomic E-state index is 11.4. The Morgan fingerprint density at radius 3 is 2.95 bits per heavy atom. The Balaban J connectivity index is 1.76. The van der Waals surface area contributed by atoms with Gasteiger partial charge in [0.05, 0.1) is 5.69 Å². The largest absolute Gasteiger partial charge is 0.477 e. The van der Waals surface area contributed by atoms with Crippen LogP contribution in [0.4, 0.5) is 5.82 Å². The molecule has 0 aromatic carbocycles. The molecule has 0 aliphatic carbocycles. The molecule has 0 amide bonds. The zero-order valence-electron chi connectivity index (χ0n) is 12.1. The van der Waals surface area contributed by atoms with E-state index in [9.17, 15) is 9.90 Å². The first-order valence-electron chi connectivity index (χ1n) is 7.33. The van der Waals surface area contributed by atoms with Crippen LogP contribution in [0.3, 0.4) is 0 Å². The highest BCUT2D eigenvalue weighted by atomic mass is 16.4. The van der Waals surface area contributed by atoms with Crippen LogP contribution in [0, 0.1) is 6.92 Å². The number of nitrogens with zero attached hydrogens (tertiary/aromatic N) is 3. The predicted octanol–water partition coefficient (Wildman–Crippen LogP) is 1.47. The molecule has 1 aromatic heterocycles. The zero-order valence-corrected chi connectivity index (χ0v) is 12.1. The molecule has 0 spiro atoms. The Hall–Kier alpha value is -1.56. The van der Waals surface area contributed by atoms with E-state index in [-0.39, 0.29) is 0 Å². The van der Waals surface area contributed by atoms with Gasteiger partial charge in [-0.25, -0.2) is 4.79 Å². The summed E-state index contributed by atoms with van der Waals surface area (Å²) < 4.78 is 1.65. The molecule has 2 fully saturated rings.